The van der Waals surface area contributed by atoms with E-state index in [-0.39, 0.29) is 12.2 Å². The molecule has 0 amide bonds. The Hall–Kier alpha value is -2.37. The molecule has 0 fully saturated rings. The first-order valence-corrected chi connectivity index (χ1v) is 6.27. The quantitative estimate of drug-likeness (QED) is 0.882. The van der Waals surface area contributed by atoms with Crippen molar-refractivity contribution in [2.75, 3.05) is 0 Å². The summed E-state index contributed by atoms with van der Waals surface area (Å²) in [4.78, 5) is 10.8. The first kappa shape index (κ1) is 14.0. The average molecular weight is 278 g/mol. The van der Waals surface area contributed by atoms with Crippen LogP contribution in [0.3, 0.4) is 0 Å². The van der Waals surface area contributed by atoms with Crippen molar-refractivity contribution in [1.29, 1.82) is 0 Å². The van der Waals surface area contributed by atoms with Gasteiger partial charge in [-0.2, -0.15) is 5.10 Å². The van der Waals surface area contributed by atoms with Crippen LogP contribution in [0.5, 0.6) is 5.75 Å². The van der Waals surface area contributed by atoms with E-state index in [1.54, 1.807) is 17.1 Å². The number of aromatic nitrogens is 2. The van der Waals surface area contributed by atoms with Crippen LogP contribution in [0.1, 0.15) is 29.3 Å². The van der Waals surface area contributed by atoms with E-state index in [1.807, 2.05) is 6.92 Å². The van der Waals surface area contributed by atoms with E-state index in [2.05, 4.69) is 5.10 Å². The fourth-order valence-corrected chi connectivity index (χ4v) is 1.76. The standard InChI is InChI=1S/C14H15FN2O3/c1-2-5-17-8-11(7-16-17)20-9-10-3-4-13(15)12(6-10)14(18)19/h3-4,6-8H,2,5,9H2,1H3,(H,18,19). The van der Waals surface area contributed by atoms with Gasteiger partial charge < -0.3 is 9.84 Å². The number of halogens is 1. The molecule has 20 heavy (non-hydrogen) atoms. The second-order valence-electron chi connectivity index (χ2n) is 4.35. The molecule has 1 heterocycles. The lowest BCUT2D eigenvalue weighted by Gasteiger charge is -2.05. The fourth-order valence-electron chi connectivity index (χ4n) is 1.76. The number of ether oxygens (including phenoxy) is 1. The van der Waals surface area contributed by atoms with Crippen molar-refractivity contribution < 1.29 is 19.0 Å². The third-order valence-corrected chi connectivity index (χ3v) is 2.73. The summed E-state index contributed by atoms with van der Waals surface area (Å²) in [6.45, 7) is 3.02. The monoisotopic (exact) mass is 278 g/mol. The SMILES string of the molecule is CCCn1cc(OCc2ccc(F)c(C(=O)O)c2)cn1. The predicted molar refractivity (Wildman–Crippen MR) is 70.2 cm³/mol. The van der Waals surface area contributed by atoms with Crippen molar-refractivity contribution in [1.82, 2.24) is 9.78 Å². The number of nitrogens with zero attached hydrogens (tertiary/aromatic N) is 2. The van der Waals surface area contributed by atoms with Crippen molar-refractivity contribution in [3.8, 4) is 5.75 Å². The van der Waals surface area contributed by atoms with Crippen molar-refractivity contribution in [2.45, 2.75) is 26.5 Å². The van der Waals surface area contributed by atoms with Gasteiger partial charge in [0.2, 0.25) is 0 Å². The largest absolute Gasteiger partial charge is 0.486 e. The van der Waals surface area contributed by atoms with Gasteiger partial charge in [0.25, 0.3) is 0 Å². The van der Waals surface area contributed by atoms with Gasteiger partial charge in [-0.05, 0) is 24.1 Å². The molecule has 0 aliphatic carbocycles. The zero-order valence-corrected chi connectivity index (χ0v) is 11.0. The van der Waals surface area contributed by atoms with Gasteiger partial charge in [-0.15, -0.1) is 0 Å². The number of aromatic carboxylic acids is 1. The highest BCUT2D eigenvalue weighted by Gasteiger charge is 2.11. The topological polar surface area (TPSA) is 64.3 Å². The Morgan fingerprint density at radius 1 is 1.50 bits per heavy atom. The van der Waals surface area contributed by atoms with Crippen molar-refractivity contribution in [3.05, 3.63) is 47.5 Å². The maximum atomic E-state index is 13.2. The van der Waals surface area contributed by atoms with Gasteiger partial charge in [0.05, 0.1) is 18.0 Å². The molecule has 0 bridgehead atoms. The van der Waals surface area contributed by atoms with Crippen molar-refractivity contribution in [3.63, 3.8) is 0 Å². The molecule has 0 spiro atoms. The zero-order valence-electron chi connectivity index (χ0n) is 11.0. The van der Waals surface area contributed by atoms with Gasteiger partial charge in [0.1, 0.15) is 12.4 Å². The van der Waals surface area contributed by atoms with Crippen LogP contribution in [0.15, 0.2) is 30.6 Å². The smallest absolute Gasteiger partial charge is 0.338 e. The summed E-state index contributed by atoms with van der Waals surface area (Å²) in [5, 5.41) is 13.0. The zero-order chi connectivity index (χ0) is 14.5. The number of carbonyl (C=O) groups is 1. The van der Waals surface area contributed by atoms with Crippen LogP contribution in [0.4, 0.5) is 4.39 Å². The van der Waals surface area contributed by atoms with E-state index in [4.69, 9.17) is 9.84 Å². The summed E-state index contributed by atoms with van der Waals surface area (Å²) in [6, 6.07) is 3.90. The van der Waals surface area contributed by atoms with Crippen molar-refractivity contribution in [2.24, 2.45) is 0 Å². The Labute approximate surface area is 115 Å². The van der Waals surface area contributed by atoms with E-state index in [0.717, 1.165) is 19.0 Å². The maximum absolute atomic E-state index is 13.2. The van der Waals surface area contributed by atoms with Crippen LogP contribution in [-0.2, 0) is 13.2 Å². The van der Waals surface area contributed by atoms with Crippen molar-refractivity contribution >= 4 is 5.97 Å². The molecule has 1 aromatic carbocycles. The molecule has 0 aliphatic rings. The number of rotatable bonds is 6. The first-order valence-electron chi connectivity index (χ1n) is 6.27. The molecule has 0 saturated heterocycles. The summed E-state index contributed by atoms with van der Waals surface area (Å²) in [6.07, 6.45) is 4.34. The summed E-state index contributed by atoms with van der Waals surface area (Å²) in [5.41, 5.74) is 0.236. The van der Waals surface area contributed by atoms with E-state index < -0.39 is 11.8 Å². The number of hydrogen-bond acceptors (Lipinski definition) is 3. The fraction of sp³-hybridized carbons (Fsp3) is 0.286. The lowest BCUT2D eigenvalue weighted by Crippen LogP contribution is -2.03. The average Bonchev–Trinajstić information content (AvgIpc) is 2.86. The Kier molecular flexibility index (Phi) is 4.34. The minimum Gasteiger partial charge on any atom is -0.486 e. The Morgan fingerprint density at radius 2 is 2.30 bits per heavy atom. The van der Waals surface area contributed by atoms with Crippen LogP contribution in [0.25, 0.3) is 0 Å². The third kappa shape index (κ3) is 3.34. The molecular formula is C14H15FN2O3. The van der Waals surface area contributed by atoms with Crippen LogP contribution in [-0.4, -0.2) is 20.9 Å². The Bertz CT molecular complexity index is 610. The number of hydrogen-bond donors (Lipinski definition) is 1. The van der Waals surface area contributed by atoms with Gasteiger partial charge in [0.15, 0.2) is 5.75 Å². The molecule has 6 heteroatoms. The van der Waals surface area contributed by atoms with E-state index in [1.165, 1.54) is 12.1 Å². The number of carboxylic acid groups (broad SMARTS) is 1. The van der Waals surface area contributed by atoms with Gasteiger partial charge in [0, 0.05) is 6.54 Å². The minimum atomic E-state index is -1.29. The van der Waals surface area contributed by atoms with Gasteiger partial charge in [-0.3, -0.25) is 4.68 Å². The second kappa shape index (κ2) is 6.18. The highest BCUT2D eigenvalue weighted by Crippen LogP contribution is 2.15. The second-order valence-corrected chi connectivity index (χ2v) is 4.35. The number of aryl methyl sites for hydroxylation is 1. The van der Waals surface area contributed by atoms with Gasteiger partial charge >= 0.3 is 5.97 Å². The molecule has 0 saturated carbocycles. The lowest BCUT2D eigenvalue weighted by molar-refractivity contribution is 0.0691. The lowest BCUT2D eigenvalue weighted by atomic mass is 10.1. The third-order valence-electron chi connectivity index (χ3n) is 2.73. The molecule has 1 aromatic heterocycles. The Balaban J connectivity index is 2.03. The minimum absolute atomic E-state index is 0.165. The van der Waals surface area contributed by atoms with Crippen LogP contribution in [0.2, 0.25) is 0 Å². The normalized spacial score (nSPS) is 10.5. The molecule has 0 atom stereocenters. The highest BCUT2D eigenvalue weighted by atomic mass is 19.1. The molecule has 2 aromatic rings. The van der Waals surface area contributed by atoms with Crippen LogP contribution in [0, 0.1) is 5.82 Å². The molecule has 0 aliphatic heterocycles. The first-order chi connectivity index (χ1) is 9.60. The maximum Gasteiger partial charge on any atom is 0.338 e. The number of benzene rings is 1. The molecule has 0 radical (unpaired) electrons. The molecule has 106 valence electrons. The molecule has 2 rings (SSSR count). The molecule has 5 nitrogen and oxygen atoms in total. The van der Waals surface area contributed by atoms with Crippen LogP contribution >= 0.6 is 0 Å². The van der Waals surface area contributed by atoms with Gasteiger partial charge in [-0.1, -0.05) is 13.0 Å². The van der Waals surface area contributed by atoms with E-state index in [9.17, 15) is 9.18 Å². The summed E-state index contributed by atoms with van der Waals surface area (Å²) in [5.74, 6) is -1.45. The van der Waals surface area contributed by atoms with Crippen LogP contribution < -0.4 is 4.74 Å². The van der Waals surface area contributed by atoms with E-state index in [0.29, 0.717) is 11.3 Å². The van der Waals surface area contributed by atoms with E-state index >= 15 is 0 Å². The highest BCUT2D eigenvalue weighted by molar-refractivity contribution is 5.88. The summed E-state index contributed by atoms with van der Waals surface area (Å²) in [7, 11) is 0. The summed E-state index contributed by atoms with van der Waals surface area (Å²) >= 11 is 0. The molecule has 0 unspecified atom stereocenters. The summed E-state index contributed by atoms with van der Waals surface area (Å²) < 4.78 is 20.5. The number of carboxylic acids is 1. The predicted octanol–water partition coefficient (Wildman–Crippen LogP) is 2.71. The molecule has 1 N–H and O–H groups in total. The molecular weight excluding hydrogens is 263 g/mol. The Morgan fingerprint density at radius 3 is 3.00 bits per heavy atom. The van der Waals surface area contributed by atoms with Gasteiger partial charge in [-0.25, -0.2) is 9.18 Å².